The van der Waals surface area contributed by atoms with Crippen molar-refractivity contribution in [3.8, 4) is 22.5 Å². The maximum Gasteiger partial charge on any atom is 0.123 e. The molecule has 0 bridgehead atoms. The minimum Gasteiger partial charge on any atom is -0.282 e. The fourth-order valence-electron chi connectivity index (χ4n) is 1.86. The van der Waals surface area contributed by atoms with E-state index in [4.69, 9.17) is 0 Å². The Labute approximate surface area is 109 Å². The summed E-state index contributed by atoms with van der Waals surface area (Å²) in [4.78, 5) is 0. The van der Waals surface area contributed by atoms with Crippen molar-refractivity contribution in [1.82, 2.24) is 20.4 Å². The molecular formula is C14H11FN4. The molecule has 2 heterocycles. The Kier molecular flexibility index (Phi) is 2.79. The molecule has 0 spiro atoms. The number of aromatic nitrogens is 4. The summed E-state index contributed by atoms with van der Waals surface area (Å²) in [6, 6.07) is 9.92. The lowest BCUT2D eigenvalue weighted by molar-refractivity contribution is 0.628. The van der Waals surface area contributed by atoms with Crippen LogP contribution in [0.3, 0.4) is 0 Å². The van der Waals surface area contributed by atoms with Crippen molar-refractivity contribution >= 4 is 0 Å². The van der Waals surface area contributed by atoms with E-state index in [1.54, 1.807) is 18.3 Å². The van der Waals surface area contributed by atoms with E-state index in [2.05, 4.69) is 20.4 Å². The van der Waals surface area contributed by atoms with Crippen LogP contribution in [-0.2, 0) is 0 Å². The number of aromatic amines is 1. The SMILES string of the molecule is Cc1[nH]ncc1-c1ccc(-c2ccc(F)cc2)nn1. The van der Waals surface area contributed by atoms with Gasteiger partial charge >= 0.3 is 0 Å². The van der Waals surface area contributed by atoms with Gasteiger partial charge in [0.1, 0.15) is 5.82 Å². The molecule has 0 aliphatic carbocycles. The molecule has 0 aliphatic rings. The average Bonchev–Trinajstić information content (AvgIpc) is 2.86. The van der Waals surface area contributed by atoms with Gasteiger partial charge in [0, 0.05) is 16.8 Å². The Balaban J connectivity index is 1.95. The average molecular weight is 254 g/mol. The molecule has 0 radical (unpaired) electrons. The molecule has 19 heavy (non-hydrogen) atoms. The first kappa shape index (κ1) is 11.5. The Morgan fingerprint density at radius 1 is 0.947 bits per heavy atom. The molecule has 3 rings (SSSR count). The van der Waals surface area contributed by atoms with Gasteiger partial charge in [0.05, 0.1) is 17.6 Å². The van der Waals surface area contributed by atoms with Crippen molar-refractivity contribution in [2.75, 3.05) is 0 Å². The summed E-state index contributed by atoms with van der Waals surface area (Å²) in [6.45, 7) is 1.93. The van der Waals surface area contributed by atoms with Gasteiger partial charge in [-0.25, -0.2) is 4.39 Å². The second-order valence-corrected chi connectivity index (χ2v) is 4.22. The molecule has 0 fully saturated rings. The second kappa shape index (κ2) is 4.61. The highest BCUT2D eigenvalue weighted by Gasteiger charge is 2.07. The van der Waals surface area contributed by atoms with Gasteiger partial charge in [-0.1, -0.05) is 0 Å². The number of hydrogen-bond acceptors (Lipinski definition) is 3. The molecule has 0 aliphatic heterocycles. The highest BCUT2D eigenvalue weighted by Crippen LogP contribution is 2.21. The number of hydrogen-bond donors (Lipinski definition) is 1. The number of benzene rings is 1. The van der Waals surface area contributed by atoms with Gasteiger partial charge in [0.2, 0.25) is 0 Å². The standard InChI is InChI=1S/C14H11FN4/c1-9-12(8-16-17-9)14-7-6-13(18-19-14)10-2-4-11(15)5-3-10/h2-8H,1H3,(H,16,17). The van der Waals surface area contributed by atoms with Crippen LogP contribution in [0.4, 0.5) is 4.39 Å². The minimum absolute atomic E-state index is 0.262. The summed E-state index contributed by atoms with van der Waals surface area (Å²) < 4.78 is 12.9. The molecular weight excluding hydrogens is 243 g/mol. The highest BCUT2D eigenvalue weighted by atomic mass is 19.1. The first-order valence-corrected chi connectivity index (χ1v) is 5.84. The van der Waals surface area contributed by atoms with Crippen LogP contribution < -0.4 is 0 Å². The predicted octanol–water partition coefficient (Wildman–Crippen LogP) is 2.98. The van der Waals surface area contributed by atoms with E-state index in [0.29, 0.717) is 5.69 Å². The van der Waals surface area contributed by atoms with E-state index in [0.717, 1.165) is 22.5 Å². The van der Waals surface area contributed by atoms with Crippen LogP contribution in [0.25, 0.3) is 22.5 Å². The molecule has 2 aromatic heterocycles. The summed E-state index contributed by atoms with van der Waals surface area (Å²) in [5, 5.41) is 15.2. The lowest BCUT2D eigenvalue weighted by Gasteiger charge is -2.01. The van der Waals surface area contributed by atoms with Gasteiger partial charge in [-0.2, -0.15) is 5.10 Å². The molecule has 5 heteroatoms. The van der Waals surface area contributed by atoms with E-state index in [-0.39, 0.29) is 5.82 Å². The van der Waals surface area contributed by atoms with E-state index in [1.807, 2.05) is 19.1 Å². The fourth-order valence-corrected chi connectivity index (χ4v) is 1.86. The van der Waals surface area contributed by atoms with Gasteiger partial charge in [-0.05, 0) is 43.3 Å². The van der Waals surface area contributed by atoms with Crippen molar-refractivity contribution < 1.29 is 4.39 Å². The number of halogens is 1. The summed E-state index contributed by atoms with van der Waals surface area (Å²) in [6.07, 6.45) is 1.72. The monoisotopic (exact) mass is 254 g/mol. The molecule has 0 saturated carbocycles. The minimum atomic E-state index is -0.262. The number of H-pyrrole nitrogens is 1. The summed E-state index contributed by atoms with van der Waals surface area (Å²) in [5.74, 6) is -0.262. The lowest BCUT2D eigenvalue weighted by Crippen LogP contribution is -1.91. The number of nitrogens with zero attached hydrogens (tertiary/aromatic N) is 3. The molecule has 94 valence electrons. The van der Waals surface area contributed by atoms with Gasteiger partial charge in [0.25, 0.3) is 0 Å². The van der Waals surface area contributed by atoms with Gasteiger partial charge in [-0.3, -0.25) is 5.10 Å². The van der Waals surface area contributed by atoms with Gasteiger partial charge in [-0.15, -0.1) is 10.2 Å². The smallest absolute Gasteiger partial charge is 0.123 e. The summed E-state index contributed by atoms with van der Waals surface area (Å²) in [7, 11) is 0. The first-order chi connectivity index (χ1) is 9.24. The topological polar surface area (TPSA) is 54.5 Å². The second-order valence-electron chi connectivity index (χ2n) is 4.22. The van der Waals surface area contributed by atoms with Crippen molar-refractivity contribution in [2.45, 2.75) is 6.92 Å². The molecule has 0 saturated heterocycles. The number of nitrogens with one attached hydrogen (secondary N) is 1. The Morgan fingerprint density at radius 2 is 1.63 bits per heavy atom. The summed E-state index contributed by atoms with van der Waals surface area (Å²) in [5.41, 5.74) is 4.19. The third-order valence-electron chi connectivity index (χ3n) is 2.91. The van der Waals surface area contributed by atoms with Gasteiger partial charge < -0.3 is 0 Å². The van der Waals surface area contributed by atoms with Crippen molar-refractivity contribution in [3.05, 3.63) is 54.1 Å². The molecule has 1 aromatic carbocycles. The molecule has 0 atom stereocenters. The molecule has 4 nitrogen and oxygen atoms in total. The van der Waals surface area contributed by atoms with Crippen LogP contribution >= 0.6 is 0 Å². The maximum absolute atomic E-state index is 12.9. The molecule has 0 amide bonds. The zero-order valence-corrected chi connectivity index (χ0v) is 10.3. The van der Waals surface area contributed by atoms with Crippen LogP contribution in [0.2, 0.25) is 0 Å². The summed E-state index contributed by atoms with van der Waals surface area (Å²) >= 11 is 0. The normalized spacial score (nSPS) is 10.6. The van der Waals surface area contributed by atoms with E-state index < -0.39 is 0 Å². The van der Waals surface area contributed by atoms with E-state index >= 15 is 0 Å². The third-order valence-corrected chi connectivity index (χ3v) is 2.91. The van der Waals surface area contributed by atoms with Crippen molar-refractivity contribution in [3.63, 3.8) is 0 Å². The Hall–Kier alpha value is -2.56. The zero-order valence-electron chi connectivity index (χ0n) is 10.3. The van der Waals surface area contributed by atoms with Crippen molar-refractivity contribution in [1.29, 1.82) is 0 Å². The number of rotatable bonds is 2. The van der Waals surface area contributed by atoms with Crippen LogP contribution in [0, 0.1) is 12.7 Å². The van der Waals surface area contributed by atoms with E-state index in [9.17, 15) is 4.39 Å². The molecule has 0 unspecified atom stereocenters. The molecule has 1 N–H and O–H groups in total. The van der Waals surface area contributed by atoms with Crippen LogP contribution in [0.15, 0.2) is 42.6 Å². The van der Waals surface area contributed by atoms with Crippen LogP contribution in [-0.4, -0.2) is 20.4 Å². The maximum atomic E-state index is 12.9. The van der Waals surface area contributed by atoms with Crippen LogP contribution in [0.1, 0.15) is 5.69 Å². The van der Waals surface area contributed by atoms with Gasteiger partial charge in [0.15, 0.2) is 0 Å². The molecule has 3 aromatic rings. The Morgan fingerprint density at radius 3 is 2.21 bits per heavy atom. The predicted molar refractivity (Wildman–Crippen MR) is 69.7 cm³/mol. The zero-order chi connectivity index (χ0) is 13.2. The van der Waals surface area contributed by atoms with Crippen molar-refractivity contribution in [2.24, 2.45) is 0 Å². The number of aryl methyl sites for hydroxylation is 1. The first-order valence-electron chi connectivity index (χ1n) is 5.84. The fraction of sp³-hybridized carbons (Fsp3) is 0.0714. The van der Waals surface area contributed by atoms with Crippen LogP contribution in [0.5, 0.6) is 0 Å². The Bertz CT molecular complexity index is 686. The largest absolute Gasteiger partial charge is 0.282 e. The lowest BCUT2D eigenvalue weighted by atomic mass is 10.1. The third kappa shape index (κ3) is 2.22. The van der Waals surface area contributed by atoms with E-state index in [1.165, 1.54) is 12.1 Å². The quantitative estimate of drug-likeness (QED) is 0.764. The highest BCUT2D eigenvalue weighted by molar-refractivity contribution is 5.64.